The van der Waals surface area contributed by atoms with E-state index >= 15 is 0 Å². The molecule has 9 heteroatoms. The van der Waals surface area contributed by atoms with Gasteiger partial charge in [-0.05, 0) is 13.8 Å². The number of nitrogens with zero attached hydrogens (tertiary/aromatic N) is 1. The van der Waals surface area contributed by atoms with Crippen LogP contribution in [0.5, 0.6) is 0 Å². The molecule has 0 radical (unpaired) electrons. The van der Waals surface area contributed by atoms with Crippen LogP contribution in [0.1, 0.15) is 25.3 Å². The van der Waals surface area contributed by atoms with Crippen LogP contribution >= 0.6 is 0 Å². The summed E-state index contributed by atoms with van der Waals surface area (Å²) in [6, 6.07) is 5.23. The summed E-state index contributed by atoms with van der Waals surface area (Å²) in [6.45, 7) is 2.66. The number of ether oxygens (including phenoxy) is 2. The van der Waals surface area contributed by atoms with E-state index in [4.69, 9.17) is 9.47 Å². The first-order chi connectivity index (χ1) is 11.2. The van der Waals surface area contributed by atoms with Crippen molar-refractivity contribution >= 4 is 17.6 Å². The zero-order valence-corrected chi connectivity index (χ0v) is 12.9. The monoisotopic (exact) mass is 337 g/mol. The van der Waals surface area contributed by atoms with Gasteiger partial charge in [0.25, 0.3) is 5.69 Å². The van der Waals surface area contributed by atoms with E-state index < -0.39 is 39.8 Å². The Balaban J connectivity index is 2.69. The molecule has 9 nitrogen and oxygen atoms in total. The topological polar surface area (TPSA) is 136 Å². The zero-order valence-electron chi connectivity index (χ0n) is 12.9. The molecule has 0 amide bonds. The number of hydrogen-bond donors (Lipinski definition) is 2. The van der Waals surface area contributed by atoms with Gasteiger partial charge in [0, 0.05) is 11.6 Å². The average Bonchev–Trinajstić information content (AvgIpc) is 2.79. The third kappa shape index (κ3) is 2.69. The molecule has 0 saturated heterocycles. The lowest BCUT2D eigenvalue weighted by Crippen LogP contribution is -2.46. The molecule has 1 aliphatic rings. The van der Waals surface area contributed by atoms with Crippen LogP contribution in [0, 0.1) is 10.1 Å². The zero-order chi connectivity index (χ0) is 18.1. The van der Waals surface area contributed by atoms with Crippen molar-refractivity contribution in [2.45, 2.75) is 25.6 Å². The number of rotatable bonds is 5. The number of carboxylic acid groups (broad SMARTS) is 1. The van der Waals surface area contributed by atoms with Gasteiger partial charge in [0.2, 0.25) is 0 Å². The fraction of sp³-hybridized carbons (Fsp3) is 0.333. The third-order valence-electron chi connectivity index (χ3n) is 3.61. The molecule has 0 aliphatic carbocycles. The van der Waals surface area contributed by atoms with E-state index in [1.165, 1.54) is 32.0 Å². The van der Waals surface area contributed by atoms with Crippen molar-refractivity contribution in [3.63, 3.8) is 0 Å². The van der Waals surface area contributed by atoms with Crippen LogP contribution in [-0.4, -0.2) is 39.5 Å². The summed E-state index contributed by atoms with van der Waals surface area (Å²) in [5.41, 5.74) is -1.05. The molecule has 0 spiro atoms. The van der Waals surface area contributed by atoms with Gasteiger partial charge in [0.05, 0.1) is 17.1 Å². The summed E-state index contributed by atoms with van der Waals surface area (Å²) < 4.78 is 9.85. The van der Waals surface area contributed by atoms with Crippen molar-refractivity contribution in [2.75, 3.05) is 6.61 Å². The molecular formula is C15H15NO8. The van der Waals surface area contributed by atoms with Crippen LogP contribution in [0.3, 0.4) is 0 Å². The normalized spacial score (nSPS) is 22.9. The predicted molar refractivity (Wildman–Crippen MR) is 78.8 cm³/mol. The Labute approximate surface area is 136 Å². The Morgan fingerprint density at radius 3 is 2.58 bits per heavy atom. The van der Waals surface area contributed by atoms with Crippen molar-refractivity contribution in [1.29, 1.82) is 0 Å². The largest absolute Gasteiger partial charge is 0.478 e. The fourth-order valence-corrected chi connectivity index (χ4v) is 2.68. The second-order valence-electron chi connectivity index (χ2n) is 5.04. The van der Waals surface area contributed by atoms with Crippen LogP contribution in [0.4, 0.5) is 5.69 Å². The minimum absolute atomic E-state index is 0.0877. The van der Waals surface area contributed by atoms with Crippen LogP contribution in [0.25, 0.3) is 0 Å². The quantitative estimate of drug-likeness (QED) is 0.466. The molecule has 1 aliphatic heterocycles. The first-order valence-electron chi connectivity index (χ1n) is 7.00. The summed E-state index contributed by atoms with van der Waals surface area (Å²) in [5, 5.41) is 31.3. The standard InChI is InChI=1S/C15H15NO8/c1-3-23-14(19)15(20)12(11(13(17)18)8(2)24-15)9-6-4-5-7-10(9)16(21)22/h4-7,12,20H,3H2,1-2H3,(H,17,18). The number of para-hydroxylation sites is 1. The first-order valence-corrected chi connectivity index (χ1v) is 7.00. The molecule has 2 N–H and O–H groups in total. The minimum atomic E-state index is -2.69. The lowest BCUT2D eigenvalue weighted by atomic mass is 9.84. The Morgan fingerprint density at radius 1 is 1.42 bits per heavy atom. The third-order valence-corrected chi connectivity index (χ3v) is 3.61. The Hall–Kier alpha value is -2.94. The van der Waals surface area contributed by atoms with E-state index in [1.54, 1.807) is 0 Å². The van der Waals surface area contributed by atoms with Crippen molar-refractivity contribution in [2.24, 2.45) is 0 Å². The van der Waals surface area contributed by atoms with Crippen molar-refractivity contribution < 1.29 is 34.2 Å². The number of nitro benzene ring substituents is 1. The van der Waals surface area contributed by atoms with E-state index in [2.05, 4.69) is 0 Å². The summed E-state index contributed by atoms with van der Waals surface area (Å²) in [7, 11) is 0. The lowest BCUT2D eigenvalue weighted by Gasteiger charge is -2.27. The highest BCUT2D eigenvalue weighted by atomic mass is 16.7. The van der Waals surface area contributed by atoms with Gasteiger partial charge < -0.3 is 19.7 Å². The maximum Gasteiger partial charge on any atom is 0.380 e. The Kier molecular flexibility index (Phi) is 4.56. The van der Waals surface area contributed by atoms with E-state index in [0.717, 1.165) is 6.07 Å². The molecule has 2 atom stereocenters. The van der Waals surface area contributed by atoms with Gasteiger partial charge in [-0.2, -0.15) is 0 Å². The highest BCUT2D eigenvalue weighted by molar-refractivity contribution is 5.94. The molecular weight excluding hydrogens is 322 g/mol. The molecule has 1 aromatic carbocycles. The van der Waals surface area contributed by atoms with Crippen molar-refractivity contribution in [1.82, 2.24) is 0 Å². The average molecular weight is 337 g/mol. The van der Waals surface area contributed by atoms with Crippen molar-refractivity contribution in [3.8, 4) is 0 Å². The SMILES string of the molecule is CCOC(=O)C1(O)OC(C)=C(C(=O)O)C1c1ccccc1[N+](=O)[O-]. The van der Waals surface area contributed by atoms with Gasteiger partial charge in [-0.15, -0.1) is 0 Å². The number of aliphatic carboxylic acids is 1. The van der Waals surface area contributed by atoms with Crippen LogP contribution < -0.4 is 0 Å². The van der Waals surface area contributed by atoms with Crippen LogP contribution in [0.2, 0.25) is 0 Å². The van der Waals surface area contributed by atoms with Gasteiger partial charge in [-0.3, -0.25) is 10.1 Å². The van der Waals surface area contributed by atoms with E-state index in [-0.39, 0.29) is 17.9 Å². The predicted octanol–water partition coefficient (Wildman–Crippen LogP) is 1.32. The van der Waals surface area contributed by atoms with E-state index in [1.807, 2.05) is 0 Å². The van der Waals surface area contributed by atoms with Crippen LogP contribution in [-0.2, 0) is 19.1 Å². The minimum Gasteiger partial charge on any atom is -0.478 e. The molecule has 1 heterocycles. The summed E-state index contributed by atoms with van der Waals surface area (Å²) >= 11 is 0. The second kappa shape index (κ2) is 6.28. The number of nitro groups is 1. The number of carbonyl (C=O) groups is 2. The molecule has 24 heavy (non-hydrogen) atoms. The number of aliphatic hydroxyl groups is 1. The summed E-state index contributed by atoms with van der Waals surface area (Å²) in [5.74, 6) is -7.20. The molecule has 0 aromatic heterocycles. The molecule has 1 aromatic rings. The first kappa shape index (κ1) is 17.4. The van der Waals surface area contributed by atoms with Gasteiger partial charge in [0.15, 0.2) is 0 Å². The maximum absolute atomic E-state index is 12.2. The lowest BCUT2D eigenvalue weighted by molar-refractivity contribution is -0.386. The summed E-state index contributed by atoms with van der Waals surface area (Å²) in [4.78, 5) is 34.3. The van der Waals surface area contributed by atoms with Crippen molar-refractivity contribution in [3.05, 3.63) is 51.3 Å². The Bertz CT molecular complexity index is 741. The van der Waals surface area contributed by atoms with Crippen LogP contribution in [0.15, 0.2) is 35.6 Å². The number of esters is 1. The smallest absolute Gasteiger partial charge is 0.380 e. The highest BCUT2D eigenvalue weighted by Gasteiger charge is 2.59. The molecule has 128 valence electrons. The number of benzene rings is 1. The molecule has 0 bridgehead atoms. The fourth-order valence-electron chi connectivity index (χ4n) is 2.68. The van der Waals surface area contributed by atoms with E-state index in [9.17, 15) is 29.9 Å². The second-order valence-corrected chi connectivity index (χ2v) is 5.04. The number of carbonyl (C=O) groups excluding carboxylic acids is 1. The van der Waals surface area contributed by atoms with Gasteiger partial charge in [-0.25, -0.2) is 9.59 Å². The highest BCUT2D eigenvalue weighted by Crippen LogP contribution is 2.47. The van der Waals surface area contributed by atoms with E-state index in [0.29, 0.717) is 0 Å². The molecule has 0 fully saturated rings. The maximum atomic E-state index is 12.2. The summed E-state index contributed by atoms with van der Waals surface area (Å²) in [6.07, 6.45) is 0. The Morgan fingerprint density at radius 2 is 2.04 bits per heavy atom. The van der Waals surface area contributed by atoms with Gasteiger partial charge in [0.1, 0.15) is 11.7 Å². The van der Waals surface area contributed by atoms with Gasteiger partial charge >= 0.3 is 17.7 Å². The molecule has 2 unspecified atom stereocenters. The number of hydrogen-bond acceptors (Lipinski definition) is 7. The number of allylic oxidation sites excluding steroid dienone is 1. The molecule has 2 rings (SSSR count). The number of carboxylic acids is 1. The molecule has 0 saturated carbocycles. The van der Waals surface area contributed by atoms with Gasteiger partial charge in [-0.1, -0.05) is 18.2 Å².